The number of carboxylic acids is 1. The van der Waals surface area contributed by atoms with Crippen LogP contribution in [-0.2, 0) is 11.3 Å². The molecule has 1 aromatic heterocycles. The third-order valence-corrected chi connectivity index (χ3v) is 2.53. The van der Waals surface area contributed by atoms with Gasteiger partial charge in [-0.3, -0.25) is 4.79 Å². The molecular formula is C14H13N2O3+. The van der Waals surface area contributed by atoms with Gasteiger partial charge in [-0.15, -0.1) is 0 Å². The molecule has 0 radical (unpaired) electrons. The van der Waals surface area contributed by atoms with Gasteiger partial charge < -0.3 is 10.4 Å². The van der Waals surface area contributed by atoms with Crippen LogP contribution in [0.25, 0.3) is 0 Å². The van der Waals surface area contributed by atoms with Crippen molar-refractivity contribution < 1.29 is 19.3 Å². The Hall–Kier alpha value is -2.69. The smallest absolute Gasteiger partial charge is 0.401 e. The number of hydrogen-bond donors (Lipinski definition) is 2. The average molecular weight is 257 g/mol. The Bertz CT molecular complexity index is 597. The molecule has 5 heteroatoms. The van der Waals surface area contributed by atoms with Crippen molar-refractivity contribution in [1.29, 1.82) is 0 Å². The number of carbonyl (C=O) groups is 2. The normalized spacial score (nSPS) is 9.89. The largest absolute Gasteiger partial charge is 0.473 e. The Morgan fingerprint density at radius 3 is 2.42 bits per heavy atom. The number of rotatable bonds is 4. The summed E-state index contributed by atoms with van der Waals surface area (Å²) in [6, 6.07) is 13.8. The van der Waals surface area contributed by atoms with E-state index in [9.17, 15) is 9.59 Å². The van der Waals surface area contributed by atoms with E-state index in [4.69, 9.17) is 5.11 Å². The second-order valence-corrected chi connectivity index (χ2v) is 3.93. The third kappa shape index (κ3) is 3.38. The van der Waals surface area contributed by atoms with E-state index in [2.05, 4.69) is 5.32 Å². The van der Waals surface area contributed by atoms with Crippen LogP contribution in [0.3, 0.4) is 0 Å². The number of carboxylic acid groups (broad SMARTS) is 1. The van der Waals surface area contributed by atoms with Crippen molar-refractivity contribution in [3.8, 4) is 0 Å². The van der Waals surface area contributed by atoms with Gasteiger partial charge in [-0.1, -0.05) is 18.2 Å². The number of aromatic nitrogens is 1. The number of pyridine rings is 1. The van der Waals surface area contributed by atoms with E-state index in [0.29, 0.717) is 5.69 Å². The molecule has 0 spiro atoms. The zero-order chi connectivity index (χ0) is 13.7. The maximum absolute atomic E-state index is 11.8. The molecule has 5 nitrogen and oxygen atoms in total. The summed E-state index contributed by atoms with van der Waals surface area (Å²) in [5.41, 5.74) is 0.756. The van der Waals surface area contributed by atoms with Crippen molar-refractivity contribution in [3.63, 3.8) is 0 Å². The van der Waals surface area contributed by atoms with Gasteiger partial charge in [0, 0.05) is 17.8 Å². The van der Waals surface area contributed by atoms with Crippen LogP contribution in [0.4, 0.5) is 5.69 Å². The van der Waals surface area contributed by atoms with Crippen LogP contribution >= 0.6 is 0 Å². The first-order valence-electron chi connectivity index (χ1n) is 5.73. The number of carbonyl (C=O) groups excluding carboxylic acids is 1. The molecule has 0 aliphatic rings. The SMILES string of the molecule is O=C(C[n+]1ccccc1C(=O)O)Nc1ccccc1. The topological polar surface area (TPSA) is 70.3 Å². The molecule has 1 aromatic carbocycles. The van der Waals surface area contributed by atoms with Gasteiger partial charge in [0.05, 0.1) is 0 Å². The molecule has 0 atom stereocenters. The molecule has 2 rings (SSSR count). The summed E-state index contributed by atoms with van der Waals surface area (Å²) in [4.78, 5) is 22.8. The molecule has 0 unspecified atom stereocenters. The monoisotopic (exact) mass is 257 g/mol. The Morgan fingerprint density at radius 2 is 1.74 bits per heavy atom. The van der Waals surface area contributed by atoms with Gasteiger partial charge in [0.2, 0.25) is 6.54 Å². The Morgan fingerprint density at radius 1 is 1.05 bits per heavy atom. The highest BCUT2D eigenvalue weighted by Gasteiger charge is 2.19. The van der Waals surface area contributed by atoms with E-state index in [1.807, 2.05) is 18.2 Å². The standard InChI is InChI=1S/C14H12N2O3/c17-13(15-11-6-2-1-3-7-11)10-16-9-5-4-8-12(16)14(18)19/h1-9H,10H2,(H-,15,17,18,19)/p+1. The molecule has 96 valence electrons. The summed E-state index contributed by atoms with van der Waals surface area (Å²) >= 11 is 0. The fourth-order valence-corrected chi connectivity index (χ4v) is 1.69. The summed E-state index contributed by atoms with van der Waals surface area (Å²) in [7, 11) is 0. The number of para-hydroxylation sites is 1. The highest BCUT2D eigenvalue weighted by Crippen LogP contribution is 2.04. The van der Waals surface area contributed by atoms with Gasteiger partial charge in [-0.05, 0) is 18.2 Å². The maximum atomic E-state index is 11.8. The lowest BCUT2D eigenvalue weighted by Gasteiger charge is -2.03. The molecule has 1 heterocycles. The van der Waals surface area contributed by atoms with Crippen molar-refractivity contribution in [1.82, 2.24) is 0 Å². The van der Waals surface area contributed by atoms with Crippen LogP contribution in [0.1, 0.15) is 10.5 Å². The van der Waals surface area contributed by atoms with Crippen LogP contribution < -0.4 is 9.88 Å². The predicted octanol–water partition coefficient (Wildman–Crippen LogP) is 1.31. The number of nitrogens with zero attached hydrogens (tertiary/aromatic N) is 1. The third-order valence-electron chi connectivity index (χ3n) is 2.53. The molecule has 0 fully saturated rings. The number of aromatic carboxylic acids is 1. The maximum Gasteiger partial charge on any atom is 0.401 e. The van der Waals surface area contributed by atoms with E-state index in [0.717, 1.165) is 0 Å². The minimum atomic E-state index is -1.06. The minimum Gasteiger partial charge on any atom is -0.473 e. The molecule has 2 N–H and O–H groups in total. The van der Waals surface area contributed by atoms with Crippen LogP contribution in [-0.4, -0.2) is 17.0 Å². The summed E-state index contributed by atoms with van der Waals surface area (Å²) in [6.07, 6.45) is 1.56. The fraction of sp³-hybridized carbons (Fsp3) is 0.0714. The second kappa shape index (κ2) is 5.77. The average Bonchev–Trinajstić information content (AvgIpc) is 2.40. The lowest BCUT2D eigenvalue weighted by Crippen LogP contribution is -2.44. The molecule has 0 saturated heterocycles. The number of amides is 1. The highest BCUT2D eigenvalue weighted by molar-refractivity contribution is 5.90. The molecule has 2 aromatic rings. The van der Waals surface area contributed by atoms with Crippen LogP contribution in [0.2, 0.25) is 0 Å². The molecule has 19 heavy (non-hydrogen) atoms. The minimum absolute atomic E-state index is 0.0443. The fourth-order valence-electron chi connectivity index (χ4n) is 1.69. The summed E-state index contributed by atoms with van der Waals surface area (Å²) in [6.45, 7) is -0.0443. The van der Waals surface area contributed by atoms with Crippen LogP contribution in [0, 0.1) is 0 Å². The lowest BCUT2D eigenvalue weighted by molar-refractivity contribution is -0.686. The second-order valence-electron chi connectivity index (χ2n) is 3.93. The molecule has 1 amide bonds. The van der Waals surface area contributed by atoms with E-state index in [1.54, 1.807) is 30.5 Å². The summed E-state index contributed by atoms with van der Waals surface area (Å²) in [5, 5.41) is 11.7. The number of benzene rings is 1. The number of hydrogen-bond acceptors (Lipinski definition) is 2. The number of anilines is 1. The first kappa shape index (κ1) is 12.8. The Kier molecular flexibility index (Phi) is 3.87. The van der Waals surface area contributed by atoms with Crippen molar-refractivity contribution in [2.45, 2.75) is 6.54 Å². The highest BCUT2D eigenvalue weighted by atomic mass is 16.4. The van der Waals surface area contributed by atoms with Crippen molar-refractivity contribution in [2.24, 2.45) is 0 Å². The molecule has 0 aliphatic heterocycles. The van der Waals surface area contributed by atoms with E-state index >= 15 is 0 Å². The Labute approximate surface area is 110 Å². The van der Waals surface area contributed by atoms with Gasteiger partial charge in [0.15, 0.2) is 6.20 Å². The van der Waals surface area contributed by atoms with Crippen molar-refractivity contribution >= 4 is 17.6 Å². The van der Waals surface area contributed by atoms with Gasteiger partial charge in [-0.2, -0.15) is 4.57 Å². The molecule has 0 saturated carbocycles. The molecule has 0 aliphatic carbocycles. The van der Waals surface area contributed by atoms with Gasteiger partial charge in [0.25, 0.3) is 11.6 Å². The summed E-state index contributed by atoms with van der Waals surface area (Å²) in [5.74, 6) is -1.34. The van der Waals surface area contributed by atoms with Gasteiger partial charge in [-0.25, -0.2) is 4.79 Å². The zero-order valence-corrected chi connectivity index (χ0v) is 10.1. The van der Waals surface area contributed by atoms with Crippen LogP contribution in [0.15, 0.2) is 54.7 Å². The summed E-state index contributed by atoms with van der Waals surface area (Å²) < 4.78 is 1.39. The van der Waals surface area contributed by atoms with E-state index in [-0.39, 0.29) is 18.1 Å². The number of nitrogens with one attached hydrogen (secondary N) is 1. The van der Waals surface area contributed by atoms with Crippen molar-refractivity contribution in [3.05, 3.63) is 60.4 Å². The predicted molar refractivity (Wildman–Crippen MR) is 68.7 cm³/mol. The first-order valence-corrected chi connectivity index (χ1v) is 5.73. The Balaban J connectivity index is 2.09. The quantitative estimate of drug-likeness (QED) is 0.811. The van der Waals surface area contributed by atoms with Crippen molar-refractivity contribution in [2.75, 3.05) is 5.32 Å². The first-order chi connectivity index (χ1) is 9.16. The molecular weight excluding hydrogens is 244 g/mol. The van der Waals surface area contributed by atoms with Crippen LogP contribution in [0.5, 0.6) is 0 Å². The van der Waals surface area contributed by atoms with E-state index in [1.165, 1.54) is 10.6 Å². The van der Waals surface area contributed by atoms with E-state index < -0.39 is 5.97 Å². The zero-order valence-electron chi connectivity index (χ0n) is 10.1. The lowest BCUT2D eigenvalue weighted by atomic mass is 10.3. The van der Waals surface area contributed by atoms with Gasteiger partial charge in [0.1, 0.15) is 0 Å². The van der Waals surface area contributed by atoms with Gasteiger partial charge >= 0.3 is 5.97 Å². The molecule has 0 bridgehead atoms.